The maximum Gasteiger partial charge on any atom is 0.306 e. The Labute approximate surface area is 395 Å². The number of hydrogen-bond donors (Lipinski definition) is 0. The van der Waals surface area contributed by atoms with E-state index in [1.54, 1.807) is 0 Å². The molecule has 0 aliphatic rings. The Kier molecular flexibility index (Phi) is 49.4. The van der Waals surface area contributed by atoms with Crippen LogP contribution >= 0.6 is 0 Å². The largest absolute Gasteiger partial charge is 0.462 e. The summed E-state index contributed by atoms with van der Waals surface area (Å²) in [5.41, 5.74) is 0. The monoisotopic (exact) mass is 891 g/mol. The second-order valence-electron chi connectivity index (χ2n) is 17.4. The van der Waals surface area contributed by atoms with Gasteiger partial charge in [-0.1, -0.05) is 228 Å². The first kappa shape index (κ1) is 60.6. The Morgan fingerprint density at radius 2 is 0.641 bits per heavy atom. The van der Waals surface area contributed by atoms with Crippen molar-refractivity contribution in [3.63, 3.8) is 0 Å². The second-order valence-corrected chi connectivity index (χ2v) is 17.4. The summed E-state index contributed by atoms with van der Waals surface area (Å²) >= 11 is 0. The van der Waals surface area contributed by atoms with E-state index < -0.39 is 6.10 Å². The van der Waals surface area contributed by atoms with E-state index in [9.17, 15) is 14.4 Å². The number of unbranched alkanes of at least 4 members (excludes halogenated alkanes) is 22. The average Bonchev–Trinajstić information content (AvgIpc) is 3.29. The van der Waals surface area contributed by atoms with E-state index in [4.69, 9.17) is 14.2 Å². The summed E-state index contributed by atoms with van der Waals surface area (Å²) in [5, 5.41) is 0. The highest BCUT2D eigenvalue weighted by Gasteiger charge is 2.19. The molecular weight excluding hydrogens is 793 g/mol. The molecule has 0 saturated heterocycles. The summed E-state index contributed by atoms with van der Waals surface area (Å²) in [7, 11) is 0. The lowest BCUT2D eigenvalue weighted by Crippen LogP contribution is -2.30. The van der Waals surface area contributed by atoms with Crippen molar-refractivity contribution in [2.75, 3.05) is 13.2 Å². The molecule has 0 spiro atoms. The van der Waals surface area contributed by atoms with Crippen LogP contribution in [0.3, 0.4) is 0 Å². The molecule has 0 N–H and O–H groups in total. The summed E-state index contributed by atoms with van der Waals surface area (Å²) in [6.07, 6.45) is 67.2. The number of allylic oxidation sites excluding steroid dienone is 14. The van der Waals surface area contributed by atoms with Gasteiger partial charge in [0.05, 0.1) is 0 Å². The van der Waals surface area contributed by atoms with E-state index in [0.29, 0.717) is 19.3 Å². The smallest absolute Gasteiger partial charge is 0.306 e. The second kappa shape index (κ2) is 52.2. The lowest BCUT2D eigenvalue weighted by Gasteiger charge is -2.18. The van der Waals surface area contributed by atoms with Crippen LogP contribution in [0.15, 0.2) is 85.1 Å². The van der Waals surface area contributed by atoms with Crippen molar-refractivity contribution < 1.29 is 28.6 Å². The third-order valence-corrected chi connectivity index (χ3v) is 11.1. The van der Waals surface area contributed by atoms with Gasteiger partial charge < -0.3 is 14.2 Å². The molecule has 0 bridgehead atoms. The quantitative estimate of drug-likeness (QED) is 0.0262. The Hall–Kier alpha value is -3.41. The van der Waals surface area contributed by atoms with Gasteiger partial charge in [-0.05, 0) is 83.5 Å². The van der Waals surface area contributed by atoms with Crippen LogP contribution < -0.4 is 0 Å². The van der Waals surface area contributed by atoms with Gasteiger partial charge in [0.15, 0.2) is 6.10 Å². The van der Waals surface area contributed by atoms with Gasteiger partial charge in [0.1, 0.15) is 13.2 Å². The van der Waals surface area contributed by atoms with Crippen LogP contribution in [0.5, 0.6) is 0 Å². The summed E-state index contributed by atoms with van der Waals surface area (Å²) in [6, 6.07) is 0. The molecule has 0 aromatic rings. The van der Waals surface area contributed by atoms with Crippen LogP contribution in [0.2, 0.25) is 0 Å². The zero-order chi connectivity index (χ0) is 46.5. The maximum absolute atomic E-state index is 12.8. The third-order valence-electron chi connectivity index (χ3n) is 11.1. The predicted octanol–water partition coefficient (Wildman–Crippen LogP) is 17.6. The van der Waals surface area contributed by atoms with Gasteiger partial charge >= 0.3 is 17.9 Å². The zero-order valence-corrected chi connectivity index (χ0v) is 41.8. The van der Waals surface area contributed by atoms with Gasteiger partial charge in [-0.3, -0.25) is 14.4 Å². The van der Waals surface area contributed by atoms with Crippen molar-refractivity contribution in [2.45, 2.75) is 252 Å². The number of ether oxygens (including phenoxy) is 3. The van der Waals surface area contributed by atoms with Crippen LogP contribution in [0.4, 0.5) is 0 Å². The normalized spacial score (nSPS) is 12.7. The molecule has 0 heterocycles. The van der Waals surface area contributed by atoms with Crippen LogP contribution in [0.1, 0.15) is 245 Å². The molecule has 0 amide bonds. The third kappa shape index (κ3) is 49.6. The maximum atomic E-state index is 12.8. The molecule has 0 rings (SSSR count). The predicted molar refractivity (Wildman–Crippen MR) is 274 cm³/mol. The van der Waals surface area contributed by atoms with E-state index in [-0.39, 0.29) is 37.5 Å². The summed E-state index contributed by atoms with van der Waals surface area (Å²) in [6.45, 7) is 6.44. The molecule has 64 heavy (non-hydrogen) atoms. The van der Waals surface area contributed by atoms with Crippen molar-refractivity contribution in [1.82, 2.24) is 0 Å². The molecule has 0 fully saturated rings. The highest BCUT2D eigenvalue weighted by molar-refractivity contribution is 5.71. The minimum atomic E-state index is -0.808. The molecule has 366 valence electrons. The van der Waals surface area contributed by atoms with Gasteiger partial charge in [0.25, 0.3) is 0 Å². The van der Waals surface area contributed by atoms with Gasteiger partial charge in [-0.2, -0.15) is 0 Å². The fourth-order valence-electron chi connectivity index (χ4n) is 7.17. The van der Waals surface area contributed by atoms with Gasteiger partial charge in [-0.15, -0.1) is 0 Å². The summed E-state index contributed by atoms with van der Waals surface area (Å²) in [5.74, 6) is -0.996. The lowest BCUT2D eigenvalue weighted by molar-refractivity contribution is -0.166. The van der Waals surface area contributed by atoms with Crippen LogP contribution in [0.25, 0.3) is 0 Å². The first-order valence-corrected chi connectivity index (χ1v) is 26.6. The Morgan fingerprint density at radius 1 is 0.328 bits per heavy atom. The highest BCUT2D eigenvalue weighted by Crippen LogP contribution is 2.15. The fourth-order valence-corrected chi connectivity index (χ4v) is 7.17. The number of esters is 3. The molecule has 0 aromatic heterocycles. The summed E-state index contributed by atoms with van der Waals surface area (Å²) in [4.78, 5) is 38.0. The van der Waals surface area contributed by atoms with Crippen molar-refractivity contribution in [2.24, 2.45) is 0 Å². The summed E-state index contributed by atoms with van der Waals surface area (Å²) < 4.78 is 16.7. The lowest BCUT2D eigenvalue weighted by atomic mass is 10.0. The SMILES string of the molecule is CC/C=C\C/C=C\C/C=C\C/C=C\C/C=C\C/C=C\CCC(=O)OC[C@@H](COC(=O)CCCCCCC/C=C\CCCCCC)OC(=O)CCCCCCCCCCCCCCCC. The minimum Gasteiger partial charge on any atom is -0.462 e. The van der Waals surface area contributed by atoms with E-state index in [1.807, 2.05) is 6.08 Å². The fraction of sp³-hybridized carbons (Fsp3) is 0.707. The van der Waals surface area contributed by atoms with E-state index in [1.165, 1.54) is 109 Å². The van der Waals surface area contributed by atoms with Crippen LogP contribution in [-0.4, -0.2) is 37.2 Å². The van der Waals surface area contributed by atoms with Crippen molar-refractivity contribution in [3.05, 3.63) is 85.1 Å². The minimum absolute atomic E-state index is 0.103. The number of hydrogen-bond acceptors (Lipinski definition) is 6. The van der Waals surface area contributed by atoms with Gasteiger partial charge in [0, 0.05) is 19.3 Å². The average molecular weight is 891 g/mol. The Morgan fingerprint density at radius 3 is 1.06 bits per heavy atom. The molecule has 0 saturated carbocycles. The van der Waals surface area contributed by atoms with Crippen molar-refractivity contribution in [1.29, 1.82) is 0 Å². The van der Waals surface area contributed by atoms with Crippen LogP contribution in [-0.2, 0) is 28.6 Å². The molecule has 0 unspecified atom stereocenters. The number of rotatable bonds is 47. The molecular formula is C58H98O6. The first-order chi connectivity index (χ1) is 31.5. The zero-order valence-electron chi connectivity index (χ0n) is 41.8. The van der Waals surface area contributed by atoms with E-state index in [2.05, 4.69) is 99.8 Å². The first-order valence-electron chi connectivity index (χ1n) is 26.6. The number of carbonyl (C=O) groups excluding carboxylic acids is 3. The molecule has 0 aromatic carbocycles. The molecule has 1 atom stereocenters. The van der Waals surface area contributed by atoms with Gasteiger partial charge in [0.2, 0.25) is 0 Å². The van der Waals surface area contributed by atoms with Crippen LogP contribution in [0, 0.1) is 0 Å². The standard InChI is InChI=1S/C58H98O6/c1-4-7-10-13-16-19-22-25-27-28-29-30-31-34-36-39-42-45-48-51-57(60)63-54-55(53-62-56(59)50-47-44-41-38-35-32-24-21-18-15-12-9-6-3)64-58(61)52-49-46-43-40-37-33-26-23-20-17-14-11-8-5-2/h7,10,16,19,21,24-25,27,29-30,34,36,42,45,55H,4-6,8-9,11-15,17-18,20,22-23,26,28,31-33,35,37-41,43-44,46-54H2,1-3H3/b10-7-,19-16-,24-21-,27-25-,30-29-,36-34-,45-42-/t55-/m1/s1. The van der Waals surface area contributed by atoms with Crippen molar-refractivity contribution >= 4 is 17.9 Å². The number of carbonyl (C=O) groups is 3. The molecule has 0 aliphatic carbocycles. The van der Waals surface area contributed by atoms with Gasteiger partial charge in [-0.25, -0.2) is 0 Å². The topological polar surface area (TPSA) is 78.9 Å². The molecule has 6 heteroatoms. The Bertz CT molecular complexity index is 1250. The Balaban J connectivity index is 4.49. The highest BCUT2D eigenvalue weighted by atomic mass is 16.6. The van der Waals surface area contributed by atoms with E-state index in [0.717, 1.165) is 89.9 Å². The molecule has 0 aliphatic heterocycles. The van der Waals surface area contributed by atoms with E-state index >= 15 is 0 Å². The molecule has 0 radical (unpaired) electrons. The van der Waals surface area contributed by atoms with Crippen molar-refractivity contribution in [3.8, 4) is 0 Å². The molecule has 6 nitrogen and oxygen atoms in total.